The smallest absolute Gasteiger partial charge is 0.241 e. The van der Waals surface area contributed by atoms with E-state index in [9.17, 15) is 14.4 Å². The van der Waals surface area contributed by atoms with E-state index < -0.39 is 11.6 Å². The van der Waals surface area contributed by atoms with Gasteiger partial charge in [-0.15, -0.1) is 0 Å². The van der Waals surface area contributed by atoms with Gasteiger partial charge in [0.15, 0.2) is 11.5 Å². The van der Waals surface area contributed by atoms with Crippen LogP contribution in [-0.4, -0.2) is 17.3 Å². The van der Waals surface area contributed by atoms with Crippen LogP contribution in [-0.2, 0) is 4.79 Å². The van der Waals surface area contributed by atoms with Gasteiger partial charge in [-0.2, -0.15) is 0 Å². The third-order valence-electron chi connectivity index (χ3n) is 3.09. The van der Waals surface area contributed by atoms with E-state index in [0.717, 1.165) is 0 Å². The molecular formula is C18H18Br2O4. The molecule has 6 heteroatoms. The number of rotatable bonds is 4. The first-order valence-electron chi connectivity index (χ1n) is 7.57. The topological polar surface area (TPSA) is 64.3 Å². The second-order valence-corrected chi connectivity index (χ2v) is 6.12. The van der Waals surface area contributed by atoms with Gasteiger partial charge in [0.25, 0.3) is 0 Å². The standard InChI is InChI=1S/C16H12Br2O4.C2H6/c1-3-5-8(6-4-2)13(19)9-7-22-16-10(9)14(20)15(21)11(17)12(16)18;1-2/h3,5-7H,4H2,1-2H3;1-2H3/b5-3-,8-6+;. The average Bonchev–Trinajstić information content (AvgIpc) is 3.04. The van der Waals surface area contributed by atoms with Gasteiger partial charge >= 0.3 is 0 Å². The van der Waals surface area contributed by atoms with Crippen LogP contribution in [0, 0.1) is 0 Å². The van der Waals surface area contributed by atoms with Crippen molar-refractivity contribution in [3.05, 3.63) is 51.4 Å². The number of halogens is 2. The van der Waals surface area contributed by atoms with Gasteiger partial charge < -0.3 is 4.42 Å². The molecule has 0 saturated carbocycles. The van der Waals surface area contributed by atoms with Gasteiger partial charge in [-0.05, 0) is 45.2 Å². The molecule has 0 radical (unpaired) electrons. The fourth-order valence-electron chi connectivity index (χ4n) is 2.12. The molecule has 1 aromatic rings. The first-order valence-corrected chi connectivity index (χ1v) is 9.16. The zero-order valence-corrected chi connectivity index (χ0v) is 17.1. The van der Waals surface area contributed by atoms with Crippen LogP contribution < -0.4 is 0 Å². The van der Waals surface area contributed by atoms with E-state index in [4.69, 9.17) is 4.42 Å². The Morgan fingerprint density at radius 1 is 1.17 bits per heavy atom. The summed E-state index contributed by atoms with van der Waals surface area (Å²) in [7, 11) is 0. The number of furan rings is 1. The Kier molecular flexibility index (Phi) is 7.76. The van der Waals surface area contributed by atoms with Crippen molar-refractivity contribution >= 4 is 53.7 Å². The molecule has 0 spiro atoms. The maximum atomic E-state index is 12.6. The van der Waals surface area contributed by atoms with Gasteiger partial charge in [-0.3, -0.25) is 14.4 Å². The molecule has 1 aliphatic carbocycles. The maximum Gasteiger partial charge on any atom is 0.241 e. The fraction of sp³-hybridized carbons (Fsp3) is 0.278. The van der Waals surface area contributed by atoms with Crippen molar-refractivity contribution in [2.45, 2.75) is 34.1 Å². The monoisotopic (exact) mass is 456 g/mol. The molecule has 0 saturated heterocycles. The molecule has 128 valence electrons. The van der Waals surface area contributed by atoms with E-state index in [1.807, 2.05) is 20.8 Å². The number of hydrogen-bond donors (Lipinski definition) is 0. The molecule has 0 aliphatic heterocycles. The summed E-state index contributed by atoms with van der Waals surface area (Å²) in [6.07, 6.45) is 7.07. The second-order valence-electron chi connectivity index (χ2n) is 4.54. The molecule has 24 heavy (non-hydrogen) atoms. The van der Waals surface area contributed by atoms with Crippen molar-refractivity contribution in [2.75, 3.05) is 0 Å². The molecule has 1 aromatic heterocycles. The third-order valence-corrected chi connectivity index (χ3v) is 5.14. The first kappa shape index (κ1) is 20.5. The molecule has 0 unspecified atom stereocenters. The number of allylic oxidation sites excluding steroid dienone is 5. The molecule has 0 atom stereocenters. The lowest BCUT2D eigenvalue weighted by atomic mass is 9.93. The highest BCUT2D eigenvalue weighted by Crippen LogP contribution is 2.39. The van der Waals surface area contributed by atoms with E-state index in [2.05, 4.69) is 31.9 Å². The van der Waals surface area contributed by atoms with E-state index in [0.29, 0.717) is 16.5 Å². The second kappa shape index (κ2) is 9.08. The number of carbonyl (C=O) groups excluding carboxylic acids is 3. The Balaban J connectivity index is 0.00000139. The fourth-order valence-corrected chi connectivity index (χ4v) is 2.95. The van der Waals surface area contributed by atoms with Crippen molar-refractivity contribution in [1.29, 1.82) is 0 Å². The summed E-state index contributed by atoms with van der Waals surface area (Å²) in [6.45, 7) is 7.71. The summed E-state index contributed by atoms with van der Waals surface area (Å²) in [5.41, 5.74) is 0.568. The van der Waals surface area contributed by atoms with Crippen LogP contribution in [0.25, 0.3) is 4.48 Å². The predicted molar refractivity (Wildman–Crippen MR) is 102 cm³/mol. The molecular weight excluding hydrogens is 440 g/mol. The molecule has 0 amide bonds. The molecule has 0 aromatic carbocycles. The molecule has 0 fully saturated rings. The van der Waals surface area contributed by atoms with Crippen LogP contribution in [0.3, 0.4) is 0 Å². The van der Waals surface area contributed by atoms with E-state index in [-0.39, 0.29) is 27.2 Å². The van der Waals surface area contributed by atoms with Crippen LogP contribution in [0.4, 0.5) is 0 Å². The highest BCUT2D eigenvalue weighted by atomic mass is 79.9. The Morgan fingerprint density at radius 2 is 1.79 bits per heavy atom. The number of carbonyl (C=O) groups is 3. The lowest BCUT2D eigenvalue weighted by Crippen LogP contribution is -2.22. The summed E-state index contributed by atoms with van der Waals surface area (Å²) < 4.78 is 5.76. The number of ketones is 3. The van der Waals surface area contributed by atoms with Gasteiger partial charge in [-0.25, -0.2) is 0 Å². The predicted octanol–water partition coefficient (Wildman–Crippen LogP) is 5.62. The van der Waals surface area contributed by atoms with Crippen LogP contribution in [0.15, 0.2) is 39.0 Å². The lowest BCUT2D eigenvalue weighted by Gasteiger charge is -2.10. The van der Waals surface area contributed by atoms with E-state index in [1.54, 1.807) is 25.2 Å². The summed E-state index contributed by atoms with van der Waals surface area (Å²) >= 11 is 6.26. The minimum absolute atomic E-state index is 0.0107. The summed E-state index contributed by atoms with van der Waals surface area (Å²) in [4.78, 5) is 36.8. The zero-order chi connectivity index (χ0) is 18.4. The van der Waals surface area contributed by atoms with Crippen LogP contribution in [0.2, 0.25) is 0 Å². The number of hydrogen-bond acceptors (Lipinski definition) is 4. The summed E-state index contributed by atoms with van der Waals surface area (Å²) in [6, 6.07) is 0. The van der Waals surface area contributed by atoms with E-state index >= 15 is 0 Å². The molecule has 1 aliphatic rings. The van der Waals surface area contributed by atoms with E-state index in [1.165, 1.54) is 6.26 Å². The Morgan fingerprint density at radius 3 is 2.33 bits per heavy atom. The van der Waals surface area contributed by atoms with Crippen molar-refractivity contribution < 1.29 is 18.8 Å². The molecule has 1 heterocycles. The average molecular weight is 458 g/mol. The molecule has 2 rings (SSSR count). The van der Waals surface area contributed by atoms with Crippen molar-refractivity contribution in [2.24, 2.45) is 0 Å². The van der Waals surface area contributed by atoms with Gasteiger partial charge in [-0.1, -0.05) is 39.0 Å². The van der Waals surface area contributed by atoms with Crippen LogP contribution in [0.1, 0.15) is 60.6 Å². The van der Waals surface area contributed by atoms with Gasteiger partial charge in [0.1, 0.15) is 6.26 Å². The minimum atomic E-state index is -0.751. The lowest BCUT2D eigenvalue weighted by molar-refractivity contribution is -0.111. The van der Waals surface area contributed by atoms with Crippen LogP contribution in [0.5, 0.6) is 0 Å². The van der Waals surface area contributed by atoms with Crippen LogP contribution >= 0.6 is 31.9 Å². The highest BCUT2D eigenvalue weighted by molar-refractivity contribution is 9.16. The number of Topliss-reactive ketones (excluding diaryl/α,β-unsaturated/α-hetero) is 3. The van der Waals surface area contributed by atoms with Gasteiger partial charge in [0.2, 0.25) is 11.6 Å². The molecule has 4 nitrogen and oxygen atoms in total. The summed E-state index contributed by atoms with van der Waals surface area (Å²) in [5, 5.41) is 0. The maximum absolute atomic E-state index is 12.6. The zero-order valence-electron chi connectivity index (χ0n) is 13.9. The molecule has 0 N–H and O–H groups in total. The van der Waals surface area contributed by atoms with Crippen molar-refractivity contribution in [3.8, 4) is 0 Å². The van der Waals surface area contributed by atoms with Crippen molar-refractivity contribution in [1.82, 2.24) is 0 Å². The minimum Gasteiger partial charge on any atom is -0.462 e. The highest BCUT2D eigenvalue weighted by Gasteiger charge is 2.37. The Bertz CT molecular complexity index is 764. The normalized spacial score (nSPS) is 14.7. The summed E-state index contributed by atoms with van der Waals surface area (Å²) in [5.74, 6) is -1.61. The quantitative estimate of drug-likeness (QED) is 0.254. The third kappa shape index (κ3) is 3.75. The SMILES string of the molecule is C/C=C\C(=C/CC)C(=O)c1coc2c1C(=O)C(=O)C(Br)=C2Br.CC. The largest absolute Gasteiger partial charge is 0.462 e. The van der Waals surface area contributed by atoms with Crippen molar-refractivity contribution in [3.63, 3.8) is 0 Å². The van der Waals surface area contributed by atoms with Gasteiger partial charge in [0.05, 0.1) is 20.1 Å². The Labute approximate surface area is 157 Å². The van der Waals surface area contributed by atoms with Gasteiger partial charge in [0, 0.05) is 5.57 Å². The number of fused-ring (bicyclic) bond motifs is 1. The Hall–Kier alpha value is -1.53. The molecule has 0 bridgehead atoms. The first-order chi connectivity index (χ1) is 11.4.